The fourth-order valence-electron chi connectivity index (χ4n) is 5.83. The summed E-state index contributed by atoms with van der Waals surface area (Å²) in [6, 6.07) is 6.61. The number of nitrogens with one attached hydrogen (secondary N) is 1. The van der Waals surface area contributed by atoms with Crippen molar-refractivity contribution in [1.82, 2.24) is 4.98 Å². The fraction of sp³-hybridized carbons (Fsp3) is 0.467. The smallest absolute Gasteiger partial charge is 0.229 e. The van der Waals surface area contributed by atoms with Crippen molar-refractivity contribution in [3.05, 3.63) is 53.3 Å². The number of carbonyl (C=O) groups is 2. The first kappa shape index (κ1) is 29.0. The number of Topliss-reactive ketones (excluding diaryl/α,β-unsaturated/α-hetero) is 2. The van der Waals surface area contributed by atoms with Gasteiger partial charge in [0, 0.05) is 36.9 Å². The number of aromatic hydroxyl groups is 1. The first-order chi connectivity index (χ1) is 19.7. The summed E-state index contributed by atoms with van der Waals surface area (Å²) < 4.78 is 16.9. The molecule has 41 heavy (non-hydrogen) atoms. The van der Waals surface area contributed by atoms with E-state index in [-0.39, 0.29) is 52.8 Å². The fourth-order valence-corrected chi connectivity index (χ4v) is 5.83. The van der Waals surface area contributed by atoms with Gasteiger partial charge < -0.3 is 44.7 Å². The van der Waals surface area contributed by atoms with Crippen LogP contribution in [0.1, 0.15) is 70.7 Å². The van der Waals surface area contributed by atoms with Crippen LogP contribution in [-0.4, -0.2) is 86.5 Å². The number of fused-ring (bicyclic) bond motifs is 1. The van der Waals surface area contributed by atoms with E-state index in [4.69, 9.17) is 14.2 Å². The summed E-state index contributed by atoms with van der Waals surface area (Å²) in [6.07, 6.45) is -0.894. The highest BCUT2D eigenvalue weighted by atomic mass is 16.7. The molecule has 1 aliphatic heterocycles. The first-order valence-corrected chi connectivity index (χ1v) is 13.8. The number of ether oxygens (including phenoxy) is 3. The predicted octanol–water partition coefficient (Wildman–Crippen LogP) is 2.56. The number of aliphatic hydroxyl groups excluding tert-OH is 4. The second kappa shape index (κ2) is 12.2. The van der Waals surface area contributed by atoms with Crippen LogP contribution in [0.4, 0.5) is 0 Å². The van der Waals surface area contributed by atoms with E-state index in [1.165, 1.54) is 13.2 Å². The van der Waals surface area contributed by atoms with Crippen molar-refractivity contribution in [1.29, 1.82) is 0 Å². The summed E-state index contributed by atoms with van der Waals surface area (Å²) in [5.41, 5.74) is 1.28. The highest BCUT2D eigenvalue weighted by Crippen LogP contribution is 2.46. The summed E-state index contributed by atoms with van der Waals surface area (Å²) in [6.45, 7) is -0.639. The van der Waals surface area contributed by atoms with Crippen molar-refractivity contribution in [2.75, 3.05) is 13.7 Å². The van der Waals surface area contributed by atoms with E-state index in [0.29, 0.717) is 22.3 Å². The number of ketones is 2. The summed E-state index contributed by atoms with van der Waals surface area (Å²) >= 11 is 0. The van der Waals surface area contributed by atoms with Crippen molar-refractivity contribution in [3.8, 4) is 17.2 Å². The van der Waals surface area contributed by atoms with Crippen LogP contribution < -0.4 is 9.47 Å². The van der Waals surface area contributed by atoms with Crippen LogP contribution in [0.5, 0.6) is 17.2 Å². The highest BCUT2D eigenvalue weighted by Gasteiger charge is 2.45. The van der Waals surface area contributed by atoms with Gasteiger partial charge in [0.15, 0.2) is 11.6 Å². The summed E-state index contributed by atoms with van der Waals surface area (Å²) in [5.74, 6) is -0.499. The third kappa shape index (κ3) is 5.68. The average Bonchev–Trinajstić information content (AvgIpc) is 3.71. The maximum atomic E-state index is 13.7. The number of benzene rings is 2. The van der Waals surface area contributed by atoms with Crippen LogP contribution in [0, 0.1) is 0 Å². The van der Waals surface area contributed by atoms with Crippen molar-refractivity contribution < 1.29 is 49.3 Å². The number of H-pyrrole nitrogens is 1. The SMILES string of the molecule is COc1cc(OC2OC(CO)C(O)C(O)C2O)c2c(O)c(C(=O)CCC(=O)c3cc[nH]c3)c(C3CCCC3)cc2c1. The molecular weight excluding hydrogens is 534 g/mol. The van der Waals surface area contributed by atoms with Gasteiger partial charge in [0.05, 0.1) is 24.7 Å². The summed E-state index contributed by atoms with van der Waals surface area (Å²) in [4.78, 5) is 29.1. The van der Waals surface area contributed by atoms with Gasteiger partial charge in [-0.1, -0.05) is 12.8 Å². The molecule has 1 saturated carbocycles. The largest absolute Gasteiger partial charge is 0.506 e. The van der Waals surface area contributed by atoms with Gasteiger partial charge in [-0.25, -0.2) is 0 Å². The standard InChI is InChI=1S/C30H35NO10/c1-39-18-10-17-11-19(15-4-2-3-5-15)25(21(34)7-6-20(33)16-8-9-31-13-16)27(36)24(17)22(12-18)40-30-29(38)28(37)26(35)23(14-32)41-30/h8-13,15,23,26,28-32,35-38H,2-7,14H2,1H3. The number of aromatic nitrogens is 1. The van der Waals surface area contributed by atoms with Crippen LogP contribution in [0.3, 0.4) is 0 Å². The minimum atomic E-state index is -1.69. The van der Waals surface area contributed by atoms with E-state index >= 15 is 0 Å². The van der Waals surface area contributed by atoms with Crippen LogP contribution in [0.15, 0.2) is 36.7 Å². The Labute approximate surface area is 236 Å². The third-order valence-corrected chi connectivity index (χ3v) is 8.08. The van der Waals surface area contributed by atoms with Crippen molar-refractivity contribution in [3.63, 3.8) is 0 Å². The van der Waals surface area contributed by atoms with Crippen molar-refractivity contribution in [2.24, 2.45) is 0 Å². The first-order valence-electron chi connectivity index (χ1n) is 13.8. The Balaban J connectivity index is 1.57. The zero-order chi connectivity index (χ0) is 29.3. The molecule has 5 atom stereocenters. The Morgan fingerprint density at radius 1 is 1.02 bits per heavy atom. The molecule has 220 valence electrons. The molecule has 6 N–H and O–H groups in total. The molecule has 0 radical (unpaired) electrons. The number of phenols is 1. The number of phenolic OH excluding ortho intramolecular Hbond substituents is 1. The number of aromatic amines is 1. The topological polar surface area (TPSA) is 179 Å². The van der Waals surface area contributed by atoms with E-state index in [1.54, 1.807) is 24.5 Å². The molecule has 0 spiro atoms. The van der Waals surface area contributed by atoms with E-state index in [9.17, 15) is 35.1 Å². The molecule has 3 aromatic rings. The van der Waals surface area contributed by atoms with Gasteiger partial charge in [0.25, 0.3) is 0 Å². The van der Waals surface area contributed by atoms with E-state index < -0.39 is 37.3 Å². The van der Waals surface area contributed by atoms with Crippen LogP contribution in [0.2, 0.25) is 0 Å². The average molecular weight is 570 g/mol. The Hall–Kier alpha value is -3.48. The van der Waals surface area contributed by atoms with Gasteiger partial charge in [-0.05, 0) is 47.9 Å². The lowest BCUT2D eigenvalue weighted by molar-refractivity contribution is -0.277. The molecule has 2 fully saturated rings. The quantitative estimate of drug-likeness (QED) is 0.199. The molecule has 0 amide bonds. The van der Waals surface area contributed by atoms with Gasteiger partial charge in [0.2, 0.25) is 6.29 Å². The summed E-state index contributed by atoms with van der Waals surface area (Å²) in [7, 11) is 1.45. The number of hydrogen-bond donors (Lipinski definition) is 6. The summed E-state index contributed by atoms with van der Waals surface area (Å²) in [5, 5.41) is 52.9. The number of methoxy groups -OCH3 is 1. The van der Waals surface area contributed by atoms with Crippen LogP contribution in [-0.2, 0) is 4.74 Å². The molecule has 2 aromatic carbocycles. The molecule has 2 aliphatic rings. The number of carbonyl (C=O) groups excluding carboxylic acids is 2. The molecular formula is C30H35NO10. The van der Waals surface area contributed by atoms with Gasteiger partial charge in [-0.3, -0.25) is 9.59 Å². The van der Waals surface area contributed by atoms with E-state index in [2.05, 4.69) is 4.98 Å². The zero-order valence-corrected chi connectivity index (χ0v) is 22.7. The minimum absolute atomic E-state index is 0.00315. The molecule has 0 bridgehead atoms. The Morgan fingerprint density at radius 2 is 1.76 bits per heavy atom. The number of hydrogen-bond acceptors (Lipinski definition) is 10. The van der Waals surface area contributed by atoms with Gasteiger partial charge in [-0.15, -0.1) is 0 Å². The van der Waals surface area contributed by atoms with Crippen molar-refractivity contribution in [2.45, 2.75) is 75.1 Å². The Kier molecular flexibility index (Phi) is 8.62. The second-order valence-electron chi connectivity index (χ2n) is 10.7. The van der Waals surface area contributed by atoms with Gasteiger partial charge in [-0.2, -0.15) is 0 Å². The van der Waals surface area contributed by atoms with Crippen LogP contribution >= 0.6 is 0 Å². The molecule has 2 heterocycles. The van der Waals surface area contributed by atoms with Gasteiger partial charge >= 0.3 is 0 Å². The molecule has 5 unspecified atom stereocenters. The third-order valence-electron chi connectivity index (χ3n) is 8.08. The predicted molar refractivity (Wildman–Crippen MR) is 146 cm³/mol. The lowest BCUT2D eigenvalue weighted by atomic mass is 9.86. The maximum Gasteiger partial charge on any atom is 0.229 e. The monoisotopic (exact) mass is 569 g/mol. The number of aliphatic hydroxyl groups is 4. The minimum Gasteiger partial charge on any atom is -0.506 e. The maximum absolute atomic E-state index is 13.7. The second-order valence-corrected chi connectivity index (χ2v) is 10.7. The van der Waals surface area contributed by atoms with Crippen LogP contribution in [0.25, 0.3) is 10.8 Å². The van der Waals surface area contributed by atoms with Gasteiger partial charge in [0.1, 0.15) is 41.7 Å². The zero-order valence-electron chi connectivity index (χ0n) is 22.7. The molecule has 5 rings (SSSR count). The van der Waals surface area contributed by atoms with E-state index in [0.717, 1.165) is 25.7 Å². The highest BCUT2D eigenvalue weighted by molar-refractivity contribution is 6.09. The Bertz CT molecular complexity index is 1400. The Morgan fingerprint density at radius 3 is 2.41 bits per heavy atom. The lowest BCUT2D eigenvalue weighted by Crippen LogP contribution is -2.60. The lowest BCUT2D eigenvalue weighted by Gasteiger charge is -2.39. The number of rotatable bonds is 10. The van der Waals surface area contributed by atoms with Crippen molar-refractivity contribution >= 4 is 22.3 Å². The molecule has 11 heteroatoms. The van der Waals surface area contributed by atoms with E-state index in [1.807, 2.05) is 6.07 Å². The molecule has 1 saturated heterocycles. The molecule has 11 nitrogen and oxygen atoms in total. The molecule has 1 aromatic heterocycles. The molecule has 1 aliphatic carbocycles. The normalized spacial score (nSPS) is 25.0.